The molecule has 2 rings (SSSR count). The van der Waals surface area contributed by atoms with Crippen LogP contribution in [-0.2, 0) is 0 Å². The van der Waals surface area contributed by atoms with Gasteiger partial charge in [0.25, 0.3) is 0 Å². The van der Waals surface area contributed by atoms with Crippen LogP contribution in [-0.4, -0.2) is 22.3 Å². The van der Waals surface area contributed by atoms with E-state index in [1.807, 2.05) is 13.0 Å². The summed E-state index contributed by atoms with van der Waals surface area (Å²) in [6.45, 7) is 1.92. The molecule has 84 valence electrons. The highest BCUT2D eigenvalue weighted by Crippen LogP contribution is 2.31. The Labute approximate surface area is 101 Å². The van der Waals surface area contributed by atoms with Gasteiger partial charge in [0, 0.05) is 0 Å². The lowest BCUT2D eigenvalue weighted by molar-refractivity contribution is 0.397. The van der Waals surface area contributed by atoms with E-state index < -0.39 is 0 Å². The summed E-state index contributed by atoms with van der Waals surface area (Å²) in [5, 5.41) is 9.67. The molecule has 2 heterocycles. The van der Waals surface area contributed by atoms with Gasteiger partial charge >= 0.3 is 0 Å². The first-order chi connectivity index (χ1) is 7.69. The predicted octanol–water partition coefficient (Wildman–Crippen LogP) is 1.98. The quantitative estimate of drug-likeness (QED) is 0.902. The maximum atomic E-state index is 5.68. The second-order valence-corrected chi connectivity index (χ2v) is 5.39. The second-order valence-electron chi connectivity index (χ2n) is 2.94. The molecule has 0 fully saturated rings. The van der Waals surface area contributed by atoms with Crippen molar-refractivity contribution in [3.05, 3.63) is 17.1 Å². The van der Waals surface area contributed by atoms with Gasteiger partial charge in [-0.3, -0.25) is 0 Å². The minimum atomic E-state index is 0.436. The highest BCUT2D eigenvalue weighted by molar-refractivity contribution is 8.01. The molecule has 0 amide bonds. The van der Waals surface area contributed by atoms with Gasteiger partial charge in [-0.25, -0.2) is 4.98 Å². The summed E-state index contributed by atoms with van der Waals surface area (Å²) in [6.07, 6.45) is 0. The molecule has 0 aliphatic rings. The first-order valence-electron chi connectivity index (χ1n) is 4.47. The first-order valence-corrected chi connectivity index (χ1v) is 6.11. The summed E-state index contributed by atoms with van der Waals surface area (Å²) < 4.78 is 5.90. The number of hydrogen-bond acceptors (Lipinski definition) is 7. The molecule has 0 spiro atoms. The topological polar surface area (TPSA) is 73.9 Å². The van der Waals surface area contributed by atoms with Crippen LogP contribution in [0.15, 0.2) is 21.5 Å². The zero-order valence-corrected chi connectivity index (χ0v) is 10.4. The van der Waals surface area contributed by atoms with Gasteiger partial charge in [-0.2, -0.15) is 0 Å². The maximum Gasteiger partial charge on any atom is 0.237 e. The number of nitrogens with zero attached hydrogens (tertiary/aromatic N) is 3. The fraction of sp³-hybridized carbons (Fsp3) is 0.222. The number of nitrogens with two attached hydrogens (primary N) is 1. The minimum absolute atomic E-state index is 0.436. The fourth-order valence-electron chi connectivity index (χ4n) is 1.06. The maximum absolute atomic E-state index is 5.68. The van der Waals surface area contributed by atoms with Crippen molar-refractivity contribution in [2.45, 2.75) is 16.3 Å². The Bertz CT molecular complexity index is 500. The fourth-order valence-corrected chi connectivity index (χ4v) is 2.79. The van der Waals surface area contributed by atoms with E-state index in [0.717, 1.165) is 14.4 Å². The van der Waals surface area contributed by atoms with Crippen LogP contribution in [0.3, 0.4) is 0 Å². The molecular weight excluding hydrogens is 244 g/mol. The molecular formula is C9H10N4OS2. The van der Waals surface area contributed by atoms with Crippen LogP contribution in [0, 0.1) is 6.92 Å². The number of methoxy groups -OCH3 is 1. The minimum Gasteiger partial charge on any atom is -0.480 e. The summed E-state index contributed by atoms with van der Waals surface area (Å²) in [7, 11) is 1.54. The SMILES string of the molecule is COc1nc(Sc2nnc(C)s2)ccc1N. The number of ether oxygens (including phenoxy) is 1. The molecule has 5 nitrogen and oxygen atoms in total. The smallest absolute Gasteiger partial charge is 0.237 e. The van der Waals surface area contributed by atoms with Crippen LogP contribution in [0.2, 0.25) is 0 Å². The molecule has 0 saturated carbocycles. The molecule has 0 aliphatic heterocycles. The number of hydrogen-bond donors (Lipinski definition) is 1. The van der Waals surface area contributed by atoms with Crippen LogP contribution in [0.5, 0.6) is 5.88 Å². The Morgan fingerprint density at radius 3 is 2.81 bits per heavy atom. The van der Waals surface area contributed by atoms with Crippen molar-refractivity contribution in [2.75, 3.05) is 12.8 Å². The summed E-state index contributed by atoms with van der Waals surface area (Å²) in [5.74, 6) is 0.436. The van der Waals surface area contributed by atoms with Crippen molar-refractivity contribution in [3.8, 4) is 5.88 Å². The van der Waals surface area contributed by atoms with E-state index in [1.54, 1.807) is 13.2 Å². The average Bonchev–Trinajstić information content (AvgIpc) is 2.67. The monoisotopic (exact) mass is 254 g/mol. The molecule has 7 heteroatoms. The Morgan fingerprint density at radius 1 is 1.38 bits per heavy atom. The third kappa shape index (κ3) is 2.42. The Morgan fingerprint density at radius 2 is 2.19 bits per heavy atom. The summed E-state index contributed by atoms with van der Waals surface area (Å²) in [5.41, 5.74) is 6.20. The van der Waals surface area contributed by atoms with E-state index in [-0.39, 0.29) is 0 Å². The highest BCUT2D eigenvalue weighted by atomic mass is 32.2. The van der Waals surface area contributed by atoms with Gasteiger partial charge in [0.1, 0.15) is 10.0 Å². The van der Waals surface area contributed by atoms with Crippen molar-refractivity contribution in [1.82, 2.24) is 15.2 Å². The lowest BCUT2D eigenvalue weighted by Crippen LogP contribution is -1.95. The first kappa shape index (κ1) is 11.2. The number of pyridine rings is 1. The number of anilines is 1. The molecule has 0 radical (unpaired) electrons. The van der Waals surface area contributed by atoms with E-state index in [0.29, 0.717) is 11.6 Å². The van der Waals surface area contributed by atoms with Gasteiger partial charge in [0.2, 0.25) is 5.88 Å². The normalized spacial score (nSPS) is 10.4. The lowest BCUT2D eigenvalue weighted by Gasteiger charge is -2.04. The zero-order chi connectivity index (χ0) is 11.5. The predicted molar refractivity (Wildman–Crippen MR) is 64.0 cm³/mol. The second kappa shape index (κ2) is 4.67. The number of rotatable bonds is 3. The van der Waals surface area contributed by atoms with Crippen LogP contribution < -0.4 is 10.5 Å². The molecule has 0 aliphatic carbocycles. The summed E-state index contributed by atoms with van der Waals surface area (Å²) in [6, 6.07) is 3.60. The van der Waals surface area contributed by atoms with E-state index >= 15 is 0 Å². The number of aryl methyl sites for hydroxylation is 1. The van der Waals surface area contributed by atoms with E-state index in [1.165, 1.54) is 23.1 Å². The van der Waals surface area contributed by atoms with E-state index in [9.17, 15) is 0 Å². The van der Waals surface area contributed by atoms with E-state index in [2.05, 4.69) is 15.2 Å². The third-order valence-electron chi connectivity index (χ3n) is 1.76. The summed E-state index contributed by atoms with van der Waals surface area (Å²) in [4.78, 5) is 4.25. The van der Waals surface area contributed by atoms with Gasteiger partial charge in [0.05, 0.1) is 12.8 Å². The standard InChI is InChI=1S/C9H10N4OS2/c1-5-12-13-9(15-5)16-7-4-3-6(10)8(11-7)14-2/h3-4H,10H2,1-2H3. The van der Waals surface area contributed by atoms with Gasteiger partial charge in [-0.1, -0.05) is 11.3 Å². The van der Waals surface area contributed by atoms with Gasteiger partial charge in [0.15, 0.2) is 4.34 Å². The molecule has 16 heavy (non-hydrogen) atoms. The molecule has 2 aromatic rings. The Balaban J connectivity index is 2.21. The van der Waals surface area contributed by atoms with Gasteiger partial charge in [-0.05, 0) is 30.8 Å². The molecule has 0 atom stereocenters. The van der Waals surface area contributed by atoms with Crippen LogP contribution in [0.4, 0.5) is 5.69 Å². The highest BCUT2D eigenvalue weighted by Gasteiger charge is 2.07. The molecule has 0 saturated heterocycles. The molecule has 0 unspecified atom stereocenters. The molecule has 0 aromatic carbocycles. The molecule has 2 N–H and O–H groups in total. The molecule has 2 aromatic heterocycles. The number of aromatic nitrogens is 3. The van der Waals surface area contributed by atoms with Crippen LogP contribution in [0.1, 0.15) is 5.01 Å². The number of nitrogen functional groups attached to an aromatic ring is 1. The van der Waals surface area contributed by atoms with Gasteiger partial charge < -0.3 is 10.5 Å². The van der Waals surface area contributed by atoms with Gasteiger partial charge in [-0.15, -0.1) is 10.2 Å². The van der Waals surface area contributed by atoms with E-state index in [4.69, 9.17) is 10.5 Å². The Kier molecular flexibility index (Phi) is 3.25. The van der Waals surface area contributed by atoms with Crippen molar-refractivity contribution >= 4 is 28.8 Å². The van der Waals surface area contributed by atoms with Crippen molar-refractivity contribution in [3.63, 3.8) is 0 Å². The van der Waals surface area contributed by atoms with Crippen molar-refractivity contribution in [1.29, 1.82) is 0 Å². The summed E-state index contributed by atoms with van der Waals surface area (Å²) >= 11 is 2.97. The van der Waals surface area contributed by atoms with Crippen molar-refractivity contribution in [2.24, 2.45) is 0 Å². The third-order valence-corrected chi connectivity index (χ3v) is 3.58. The zero-order valence-electron chi connectivity index (χ0n) is 8.80. The average molecular weight is 254 g/mol. The Hall–Kier alpha value is -1.34. The van der Waals surface area contributed by atoms with Crippen LogP contribution >= 0.6 is 23.1 Å². The van der Waals surface area contributed by atoms with Crippen molar-refractivity contribution < 1.29 is 4.74 Å². The van der Waals surface area contributed by atoms with Crippen LogP contribution in [0.25, 0.3) is 0 Å². The molecule has 0 bridgehead atoms. The lowest BCUT2D eigenvalue weighted by atomic mass is 10.4. The largest absolute Gasteiger partial charge is 0.480 e.